The second kappa shape index (κ2) is 7.85. The first-order chi connectivity index (χ1) is 14.3. The van der Waals surface area contributed by atoms with Crippen molar-refractivity contribution in [1.29, 1.82) is 0 Å². The van der Waals surface area contributed by atoms with E-state index in [9.17, 15) is 18.0 Å². The van der Waals surface area contributed by atoms with Gasteiger partial charge in [-0.2, -0.15) is 18.3 Å². The van der Waals surface area contributed by atoms with E-state index in [-0.39, 0.29) is 35.1 Å². The van der Waals surface area contributed by atoms with Gasteiger partial charge in [0.2, 0.25) is 0 Å². The Hall–Kier alpha value is -3.30. The van der Waals surface area contributed by atoms with Crippen LogP contribution in [0.1, 0.15) is 36.6 Å². The second-order valence-corrected chi connectivity index (χ2v) is 7.13. The number of aromatic nitrogens is 3. The minimum Gasteiger partial charge on any atom is -0.484 e. The number of amides is 1. The van der Waals surface area contributed by atoms with Crippen LogP contribution in [0.4, 0.5) is 19.0 Å². The normalized spacial score (nSPS) is 17.3. The largest absolute Gasteiger partial charge is 0.484 e. The molecule has 1 aromatic carbocycles. The number of aromatic amines is 1. The monoisotopic (exact) mass is 419 g/mol. The lowest BCUT2D eigenvalue weighted by molar-refractivity contribution is -0.137. The van der Waals surface area contributed by atoms with Gasteiger partial charge in [0.1, 0.15) is 11.6 Å². The molecule has 1 atom stereocenters. The van der Waals surface area contributed by atoms with Crippen LogP contribution in [0, 0.1) is 0 Å². The van der Waals surface area contributed by atoms with E-state index in [1.807, 2.05) is 6.07 Å². The molecule has 0 spiro atoms. The summed E-state index contributed by atoms with van der Waals surface area (Å²) in [5.41, 5.74) is 4.76. The van der Waals surface area contributed by atoms with Crippen molar-refractivity contribution >= 4 is 22.8 Å². The number of carbonyl (C=O) groups excluding carboxylic acids is 1. The molecular weight excluding hydrogens is 399 g/mol. The summed E-state index contributed by atoms with van der Waals surface area (Å²) in [5, 5.41) is 5.90. The van der Waals surface area contributed by atoms with Gasteiger partial charge in [0, 0.05) is 6.54 Å². The summed E-state index contributed by atoms with van der Waals surface area (Å²) in [4.78, 5) is 18.6. The van der Waals surface area contributed by atoms with Gasteiger partial charge >= 0.3 is 6.18 Å². The fraction of sp³-hybridized carbons (Fsp3) is 0.350. The molecule has 1 aliphatic heterocycles. The van der Waals surface area contributed by atoms with Gasteiger partial charge in [-0.3, -0.25) is 9.89 Å². The molecule has 158 valence electrons. The number of pyridine rings is 1. The lowest BCUT2D eigenvalue weighted by Crippen LogP contribution is -2.41. The summed E-state index contributed by atoms with van der Waals surface area (Å²) >= 11 is 0. The van der Waals surface area contributed by atoms with Gasteiger partial charge in [-0.25, -0.2) is 4.98 Å². The molecule has 1 fully saturated rings. The van der Waals surface area contributed by atoms with E-state index in [1.54, 1.807) is 24.3 Å². The lowest BCUT2D eigenvalue weighted by Gasteiger charge is -2.35. The minimum absolute atomic E-state index is 0.115. The Kier molecular flexibility index (Phi) is 5.23. The zero-order valence-electron chi connectivity index (χ0n) is 15.9. The van der Waals surface area contributed by atoms with Gasteiger partial charge in [0.25, 0.3) is 5.91 Å². The first-order valence-corrected chi connectivity index (χ1v) is 9.53. The van der Waals surface area contributed by atoms with Crippen molar-refractivity contribution in [2.24, 2.45) is 0 Å². The fourth-order valence-electron chi connectivity index (χ4n) is 3.74. The van der Waals surface area contributed by atoms with Crippen LogP contribution in [-0.4, -0.2) is 39.1 Å². The van der Waals surface area contributed by atoms with E-state index in [0.717, 1.165) is 18.9 Å². The van der Waals surface area contributed by atoms with Crippen LogP contribution >= 0.6 is 0 Å². The first-order valence-electron chi connectivity index (χ1n) is 9.53. The van der Waals surface area contributed by atoms with Crippen LogP contribution in [-0.2, 0) is 11.0 Å². The predicted molar refractivity (Wildman–Crippen MR) is 104 cm³/mol. The van der Waals surface area contributed by atoms with Crippen molar-refractivity contribution in [1.82, 2.24) is 20.1 Å². The van der Waals surface area contributed by atoms with Crippen LogP contribution in [0.2, 0.25) is 0 Å². The summed E-state index contributed by atoms with van der Waals surface area (Å²) in [6.45, 7) is 0.218. The van der Waals surface area contributed by atoms with E-state index >= 15 is 0 Å². The van der Waals surface area contributed by atoms with Crippen molar-refractivity contribution in [3.8, 4) is 5.75 Å². The summed E-state index contributed by atoms with van der Waals surface area (Å²) in [6.07, 6.45) is -2.59. The Bertz CT molecular complexity index is 1050. The maximum absolute atomic E-state index is 13.7. The predicted octanol–water partition coefficient (Wildman–Crippen LogP) is 3.69. The number of benzene rings is 1. The lowest BCUT2D eigenvalue weighted by atomic mass is 9.97. The number of ether oxygens (including phenoxy) is 1. The number of para-hydroxylation sites is 1. The molecule has 0 bridgehead atoms. The molecule has 0 saturated carbocycles. The van der Waals surface area contributed by atoms with Crippen molar-refractivity contribution in [3.05, 3.63) is 47.7 Å². The molecule has 1 amide bonds. The molecular formula is C20H20F3N5O2. The number of nitrogen functional groups attached to an aromatic ring is 1. The number of nitrogens with two attached hydrogens (primary N) is 1. The van der Waals surface area contributed by atoms with Crippen LogP contribution in [0.5, 0.6) is 5.75 Å². The molecule has 3 heterocycles. The van der Waals surface area contributed by atoms with E-state index in [2.05, 4.69) is 15.2 Å². The summed E-state index contributed by atoms with van der Waals surface area (Å²) < 4.78 is 46.5. The molecule has 3 aromatic rings. The molecule has 3 N–H and O–H groups in total. The van der Waals surface area contributed by atoms with Crippen LogP contribution in [0.3, 0.4) is 0 Å². The number of anilines is 1. The van der Waals surface area contributed by atoms with E-state index in [4.69, 9.17) is 10.5 Å². The quantitative estimate of drug-likeness (QED) is 0.672. The van der Waals surface area contributed by atoms with Gasteiger partial charge < -0.3 is 15.4 Å². The van der Waals surface area contributed by atoms with Crippen LogP contribution in [0.25, 0.3) is 11.0 Å². The summed E-state index contributed by atoms with van der Waals surface area (Å²) in [6, 6.07) is 9.25. The highest BCUT2D eigenvalue weighted by Crippen LogP contribution is 2.39. The number of rotatable bonds is 4. The summed E-state index contributed by atoms with van der Waals surface area (Å²) in [7, 11) is 0. The van der Waals surface area contributed by atoms with Gasteiger partial charge in [0.15, 0.2) is 12.3 Å². The average Bonchev–Trinajstić information content (AvgIpc) is 3.12. The van der Waals surface area contributed by atoms with E-state index < -0.39 is 17.8 Å². The van der Waals surface area contributed by atoms with E-state index in [1.165, 1.54) is 4.90 Å². The highest BCUT2D eigenvalue weighted by atomic mass is 19.4. The Morgan fingerprint density at radius 1 is 1.27 bits per heavy atom. The third-order valence-electron chi connectivity index (χ3n) is 5.15. The number of hydrogen-bond acceptors (Lipinski definition) is 5. The van der Waals surface area contributed by atoms with E-state index in [0.29, 0.717) is 18.7 Å². The Balaban J connectivity index is 1.64. The number of hydrogen-bond donors (Lipinski definition) is 2. The summed E-state index contributed by atoms with van der Waals surface area (Å²) in [5.74, 6) is 0.0510. The van der Waals surface area contributed by atoms with Gasteiger partial charge in [0.05, 0.1) is 22.7 Å². The number of halogens is 3. The maximum atomic E-state index is 13.7. The molecule has 0 unspecified atom stereocenters. The van der Waals surface area contributed by atoms with Gasteiger partial charge in [-0.1, -0.05) is 18.2 Å². The number of carbonyl (C=O) groups is 1. The second-order valence-electron chi connectivity index (χ2n) is 7.13. The number of likely N-dealkylation sites (tertiary alicyclic amines) is 1. The number of nitrogens with zero attached hydrogens (tertiary/aromatic N) is 3. The molecule has 1 saturated heterocycles. The third-order valence-corrected chi connectivity index (χ3v) is 5.15. The zero-order valence-corrected chi connectivity index (χ0v) is 15.9. The maximum Gasteiger partial charge on any atom is 0.417 e. The van der Waals surface area contributed by atoms with Crippen molar-refractivity contribution in [2.75, 3.05) is 18.9 Å². The Labute approximate surface area is 170 Å². The van der Waals surface area contributed by atoms with Gasteiger partial charge in [-0.15, -0.1) is 0 Å². The highest BCUT2D eigenvalue weighted by molar-refractivity contribution is 5.90. The SMILES string of the molecule is Nc1[nH]nc2nc([C@@H]3CCCCN3C(=O)COc3ccccc3)cc(C(F)(F)F)c12. The Morgan fingerprint density at radius 3 is 2.77 bits per heavy atom. The number of piperidine rings is 1. The molecule has 7 nitrogen and oxygen atoms in total. The van der Waals surface area contributed by atoms with Crippen molar-refractivity contribution in [3.63, 3.8) is 0 Å². The highest BCUT2D eigenvalue weighted by Gasteiger charge is 2.37. The fourth-order valence-corrected chi connectivity index (χ4v) is 3.74. The minimum atomic E-state index is -4.63. The average molecular weight is 419 g/mol. The Morgan fingerprint density at radius 2 is 2.03 bits per heavy atom. The molecule has 10 heteroatoms. The third kappa shape index (κ3) is 3.89. The number of H-pyrrole nitrogens is 1. The van der Waals surface area contributed by atoms with Crippen molar-refractivity contribution < 1.29 is 22.7 Å². The van der Waals surface area contributed by atoms with Crippen LogP contribution in [0.15, 0.2) is 36.4 Å². The molecule has 1 aliphatic rings. The zero-order chi connectivity index (χ0) is 21.3. The first kappa shape index (κ1) is 20.0. The molecule has 30 heavy (non-hydrogen) atoms. The topological polar surface area (TPSA) is 97.1 Å². The smallest absolute Gasteiger partial charge is 0.417 e. The van der Waals surface area contributed by atoms with Gasteiger partial charge in [-0.05, 0) is 37.5 Å². The van der Waals surface area contributed by atoms with Crippen molar-refractivity contribution in [2.45, 2.75) is 31.5 Å². The molecule has 0 aliphatic carbocycles. The molecule has 2 aromatic heterocycles. The number of fused-ring (bicyclic) bond motifs is 1. The number of alkyl halides is 3. The standard InChI is InChI=1S/C20H20F3N5O2/c21-20(22,23)13-10-14(25-19-17(13)18(24)26-27-19)15-8-4-5-9-28(15)16(29)11-30-12-6-2-1-3-7-12/h1-3,6-7,10,15H,4-5,8-9,11H2,(H3,24,25,26,27)/t15-/m0/s1. The number of nitrogens with one attached hydrogen (secondary N) is 1. The molecule has 4 rings (SSSR count). The van der Waals surface area contributed by atoms with Crippen LogP contribution < -0.4 is 10.5 Å². The molecule has 0 radical (unpaired) electrons.